The molecule has 0 aromatic heterocycles. The van der Waals surface area contributed by atoms with E-state index in [9.17, 15) is 4.79 Å². The molecule has 3 nitrogen and oxygen atoms in total. The van der Waals surface area contributed by atoms with Crippen LogP contribution in [0.15, 0.2) is 18.2 Å². The second-order valence-corrected chi connectivity index (χ2v) is 3.32. The first-order valence-electron chi connectivity index (χ1n) is 4.28. The van der Waals surface area contributed by atoms with Gasteiger partial charge in [0.2, 0.25) is 0 Å². The average Bonchev–Trinajstić information content (AvgIpc) is 2.47. The predicted octanol–water partition coefficient (Wildman–Crippen LogP) is 1.55. The van der Waals surface area contributed by atoms with E-state index in [0.717, 1.165) is 12.1 Å². The van der Waals surface area contributed by atoms with Gasteiger partial charge in [-0.3, -0.25) is 0 Å². The zero-order valence-corrected chi connectivity index (χ0v) is 7.37. The van der Waals surface area contributed by atoms with Crippen molar-refractivity contribution < 1.29 is 9.90 Å². The lowest BCUT2D eigenvalue weighted by molar-refractivity contribution is 0.0697. The Hall–Kier alpha value is -1.35. The molecule has 2 rings (SSSR count). The summed E-state index contributed by atoms with van der Waals surface area (Å²) in [4.78, 5) is 10.7. The largest absolute Gasteiger partial charge is 0.478 e. The molecule has 1 aromatic rings. The van der Waals surface area contributed by atoms with Crippen LogP contribution in [0.3, 0.4) is 0 Å². The second kappa shape index (κ2) is 2.85. The molecule has 0 spiro atoms. The van der Waals surface area contributed by atoms with E-state index in [4.69, 9.17) is 5.11 Å². The van der Waals surface area contributed by atoms with Crippen molar-refractivity contribution in [1.29, 1.82) is 0 Å². The molecule has 2 N–H and O–H groups in total. The number of nitrogens with one attached hydrogen (secondary N) is 1. The maximum Gasteiger partial charge on any atom is 0.335 e. The summed E-state index contributed by atoms with van der Waals surface area (Å²) in [5, 5.41) is 12.0. The van der Waals surface area contributed by atoms with Gasteiger partial charge >= 0.3 is 5.97 Å². The van der Waals surface area contributed by atoms with E-state index >= 15 is 0 Å². The van der Waals surface area contributed by atoms with Crippen LogP contribution in [0.5, 0.6) is 0 Å². The quantitative estimate of drug-likeness (QED) is 0.684. The summed E-state index contributed by atoms with van der Waals surface area (Å²) < 4.78 is 0. The topological polar surface area (TPSA) is 49.3 Å². The lowest BCUT2D eigenvalue weighted by Gasteiger charge is -2.04. The molecule has 1 aliphatic heterocycles. The van der Waals surface area contributed by atoms with Gasteiger partial charge in [-0.25, -0.2) is 4.79 Å². The van der Waals surface area contributed by atoms with Gasteiger partial charge in [0.25, 0.3) is 0 Å². The Morgan fingerprint density at radius 2 is 2.38 bits per heavy atom. The van der Waals surface area contributed by atoms with E-state index in [0.29, 0.717) is 5.56 Å². The minimum Gasteiger partial charge on any atom is -0.478 e. The molecule has 13 heavy (non-hydrogen) atoms. The minimum absolute atomic E-state index is 0.272. The minimum atomic E-state index is -0.859. The van der Waals surface area contributed by atoms with Crippen molar-refractivity contribution in [2.75, 3.05) is 0 Å². The van der Waals surface area contributed by atoms with Crippen molar-refractivity contribution >= 4 is 5.97 Å². The van der Waals surface area contributed by atoms with Crippen molar-refractivity contribution in [2.45, 2.75) is 19.5 Å². The highest BCUT2D eigenvalue weighted by atomic mass is 16.4. The van der Waals surface area contributed by atoms with Gasteiger partial charge in [-0.1, -0.05) is 6.07 Å². The standard InChI is InChI=1S/C10H11NO2/c1-6-9-4-7(10(12)13)2-3-8(9)5-11-6/h2-4,6,11H,5H2,1H3,(H,12,13). The number of fused-ring (bicyclic) bond motifs is 1. The molecule has 3 heteroatoms. The first-order chi connectivity index (χ1) is 6.18. The van der Waals surface area contributed by atoms with E-state index in [1.54, 1.807) is 12.1 Å². The van der Waals surface area contributed by atoms with Crippen molar-refractivity contribution in [3.05, 3.63) is 34.9 Å². The van der Waals surface area contributed by atoms with Crippen LogP contribution in [0.25, 0.3) is 0 Å². The summed E-state index contributed by atoms with van der Waals surface area (Å²) in [7, 11) is 0. The van der Waals surface area contributed by atoms with Crippen molar-refractivity contribution in [3.63, 3.8) is 0 Å². The first kappa shape index (κ1) is 8.26. The van der Waals surface area contributed by atoms with Gasteiger partial charge in [0, 0.05) is 12.6 Å². The molecule has 1 aromatic carbocycles. The molecule has 1 unspecified atom stereocenters. The van der Waals surface area contributed by atoms with Crippen LogP contribution in [0, 0.1) is 0 Å². The van der Waals surface area contributed by atoms with Crippen molar-refractivity contribution in [1.82, 2.24) is 5.32 Å². The monoisotopic (exact) mass is 177 g/mol. The lowest BCUT2D eigenvalue weighted by atomic mass is 10.0. The van der Waals surface area contributed by atoms with Crippen LogP contribution in [-0.4, -0.2) is 11.1 Å². The summed E-state index contributed by atoms with van der Waals surface area (Å²) in [5.41, 5.74) is 2.69. The summed E-state index contributed by atoms with van der Waals surface area (Å²) in [6, 6.07) is 5.56. The van der Waals surface area contributed by atoms with Crippen LogP contribution < -0.4 is 5.32 Å². The molecule has 0 aliphatic carbocycles. The SMILES string of the molecule is CC1NCc2ccc(C(=O)O)cc21. The Balaban J connectivity index is 2.47. The zero-order chi connectivity index (χ0) is 9.42. The van der Waals surface area contributed by atoms with Gasteiger partial charge in [-0.2, -0.15) is 0 Å². The number of hydrogen-bond donors (Lipinski definition) is 2. The molecule has 1 heterocycles. The number of rotatable bonds is 1. The fourth-order valence-electron chi connectivity index (χ4n) is 1.67. The fraction of sp³-hybridized carbons (Fsp3) is 0.300. The molecule has 1 atom stereocenters. The molecule has 68 valence electrons. The zero-order valence-electron chi connectivity index (χ0n) is 7.37. The summed E-state index contributed by atoms with van der Waals surface area (Å²) >= 11 is 0. The molecule has 0 amide bonds. The molecule has 0 fully saturated rings. The third-order valence-electron chi connectivity index (χ3n) is 2.46. The molecule has 1 aliphatic rings. The first-order valence-corrected chi connectivity index (χ1v) is 4.28. The van der Waals surface area contributed by atoms with Gasteiger partial charge in [0.15, 0.2) is 0 Å². The van der Waals surface area contributed by atoms with Crippen molar-refractivity contribution in [2.24, 2.45) is 0 Å². The molecule has 0 bridgehead atoms. The Bertz CT molecular complexity index is 360. The Labute approximate surface area is 76.4 Å². The van der Waals surface area contributed by atoms with Crippen LogP contribution in [0.2, 0.25) is 0 Å². The smallest absolute Gasteiger partial charge is 0.335 e. The number of benzene rings is 1. The van der Waals surface area contributed by atoms with E-state index in [-0.39, 0.29) is 6.04 Å². The van der Waals surface area contributed by atoms with Gasteiger partial charge in [0.1, 0.15) is 0 Å². The van der Waals surface area contributed by atoms with E-state index < -0.39 is 5.97 Å². The number of hydrogen-bond acceptors (Lipinski definition) is 2. The molecular formula is C10H11NO2. The molecule has 0 saturated carbocycles. The van der Waals surface area contributed by atoms with E-state index in [1.165, 1.54) is 5.56 Å². The third-order valence-corrected chi connectivity index (χ3v) is 2.46. The Morgan fingerprint density at radius 3 is 3.08 bits per heavy atom. The maximum absolute atomic E-state index is 10.7. The maximum atomic E-state index is 10.7. The highest BCUT2D eigenvalue weighted by Gasteiger charge is 2.18. The number of carbonyl (C=O) groups is 1. The summed E-state index contributed by atoms with van der Waals surface area (Å²) in [6.45, 7) is 2.88. The van der Waals surface area contributed by atoms with Crippen LogP contribution >= 0.6 is 0 Å². The normalized spacial score (nSPS) is 19.9. The van der Waals surface area contributed by atoms with Gasteiger partial charge in [-0.15, -0.1) is 0 Å². The number of aromatic carboxylic acids is 1. The van der Waals surface area contributed by atoms with E-state index in [2.05, 4.69) is 5.32 Å². The average molecular weight is 177 g/mol. The predicted molar refractivity (Wildman–Crippen MR) is 48.7 cm³/mol. The summed E-state index contributed by atoms with van der Waals surface area (Å²) in [6.07, 6.45) is 0. The highest BCUT2D eigenvalue weighted by Crippen LogP contribution is 2.25. The Morgan fingerprint density at radius 1 is 1.62 bits per heavy atom. The van der Waals surface area contributed by atoms with Crippen LogP contribution in [0.1, 0.15) is 34.5 Å². The number of carboxylic acid groups (broad SMARTS) is 1. The van der Waals surface area contributed by atoms with Crippen molar-refractivity contribution in [3.8, 4) is 0 Å². The molecule has 0 radical (unpaired) electrons. The van der Waals surface area contributed by atoms with E-state index in [1.807, 2.05) is 13.0 Å². The molecule has 0 saturated heterocycles. The number of carboxylic acids is 1. The van der Waals surface area contributed by atoms with Gasteiger partial charge in [-0.05, 0) is 30.2 Å². The molecular weight excluding hydrogens is 166 g/mol. The van der Waals surface area contributed by atoms with Gasteiger partial charge in [0.05, 0.1) is 5.56 Å². The van der Waals surface area contributed by atoms with Crippen LogP contribution in [0.4, 0.5) is 0 Å². The lowest BCUT2D eigenvalue weighted by Crippen LogP contribution is -2.07. The van der Waals surface area contributed by atoms with Crippen LogP contribution in [-0.2, 0) is 6.54 Å². The highest BCUT2D eigenvalue weighted by molar-refractivity contribution is 5.88. The Kier molecular flexibility index (Phi) is 1.81. The second-order valence-electron chi connectivity index (χ2n) is 3.32. The van der Waals surface area contributed by atoms with Gasteiger partial charge < -0.3 is 10.4 Å². The summed E-state index contributed by atoms with van der Waals surface area (Å²) in [5.74, 6) is -0.859. The fourth-order valence-corrected chi connectivity index (χ4v) is 1.67. The third kappa shape index (κ3) is 1.31.